The minimum absolute atomic E-state index is 0.411. The summed E-state index contributed by atoms with van der Waals surface area (Å²) in [4.78, 5) is 5.32. The second-order valence-electron chi connectivity index (χ2n) is 7.29. The summed E-state index contributed by atoms with van der Waals surface area (Å²) in [6, 6.07) is 7.98. The van der Waals surface area contributed by atoms with Crippen LogP contribution in [0.15, 0.2) is 29.2 Å². The van der Waals surface area contributed by atoms with Gasteiger partial charge in [0.15, 0.2) is 0 Å². The van der Waals surface area contributed by atoms with Crippen molar-refractivity contribution in [3.05, 3.63) is 24.3 Å². The number of hydrogen-bond acceptors (Lipinski definition) is 5. The molecule has 2 aliphatic heterocycles. The highest BCUT2D eigenvalue weighted by molar-refractivity contribution is 8.71. The van der Waals surface area contributed by atoms with Gasteiger partial charge in [-0.15, -0.1) is 0 Å². The van der Waals surface area contributed by atoms with Gasteiger partial charge < -0.3 is 4.90 Å². The molecule has 0 N–H and O–H groups in total. The molecule has 0 bridgehead atoms. The third-order valence-corrected chi connectivity index (χ3v) is 8.75. The van der Waals surface area contributed by atoms with Gasteiger partial charge in [0.05, 0.1) is 4.90 Å². The topological polar surface area (TPSA) is 40.6 Å². The van der Waals surface area contributed by atoms with Crippen molar-refractivity contribution in [2.75, 3.05) is 37.3 Å². The molecule has 0 unspecified atom stereocenters. The molecule has 0 radical (unpaired) electrons. The van der Waals surface area contributed by atoms with Crippen LogP contribution in [0.3, 0.4) is 0 Å². The van der Waals surface area contributed by atoms with Gasteiger partial charge in [0.25, 0.3) is 0 Å². The van der Waals surface area contributed by atoms with Crippen LogP contribution in [0.5, 0.6) is 0 Å². The van der Waals surface area contributed by atoms with E-state index in [1.165, 1.54) is 25.9 Å². The molecule has 0 aromatic heterocycles. The Morgan fingerprint density at radius 1 is 1.17 bits per heavy atom. The molecular formula is C18H28N2O2S2. The van der Waals surface area contributed by atoms with Crippen LogP contribution in [0.25, 0.3) is 0 Å². The lowest BCUT2D eigenvalue weighted by atomic mass is 9.86. The monoisotopic (exact) mass is 368 g/mol. The molecule has 0 spiro atoms. The van der Waals surface area contributed by atoms with Crippen LogP contribution in [0.2, 0.25) is 0 Å². The smallest absolute Gasteiger partial charge is 0.229 e. The average molecular weight is 369 g/mol. The summed E-state index contributed by atoms with van der Waals surface area (Å²) < 4.78 is 24.0. The van der Waals surface area contributed by atoms with Gasteiger partial charge in [-0.05, 0) is 73.0 Å². The van der Waals surface area contributed by atoms with Crippen molar-refractivity contribution < 1.29 is 8.42 Å². The van der Waals surface area contributed by atoms with Crippen LogP contribution in [0, 0.1) is 11.8 Å². The zero-order valence-corrected chi connectivity index (χ0v) is 16.4. The quantitative estimate of drug-likeness (QED) is 0.746. The van der Waals surface area contributed by atoms with E-state index in [0.717, 1.165) is 41.4 Å². The Morgan fingerprint density at radius 2 is 1.83 bits per heavy atom. The second kappa shape index (κ2) is 7.26. The minimum Gasteiger partial charge on any atom is -0.368 e. The van der Waals surface area contributed by atoms with Crippen LogP contribution in [0.1, 0.15) is 26.7 Å². The van der Waals surface area contributed by atoms with E-state index in [1.807, 2.05) is 18.2 Å². The van der Waals surface area contributed by atoms with Crippen molar-refractivity contribution in [3.63, 3.8) is 0 Å². The minimum atomic E-state index is -3.21. The molecule has 134 valence electrons. The van der Waals surface area contributed by atoms with Crippen molar-refractivity contribution in [1.82, 2.24) is 4.90 Å². The second-order valence-corrected chi connectivity index (χ2v) is 11.3. The van der Waals surface area contributed by atoms with Crippen molar-refractivity contribution in [2.45, 2.75) is 37.6 Å². The summed E-state index contributed by atoms with van der Waals surface area (Å²) in [5, 5.41) is 0. The summed E-state index contributed by atoms with van der Waals surface area (Å²) in [5.74, 6) is 1.68. The normalized spacial score (nSPS) is 21.2. The summed E-state index contributed by atoms with van der Waals surface area (Å²) >= 11 is 0. The fraction of sp³-hybridized carbons (Fsp3) is 0.667. The maximum Gasteiger partial charge on any atom is 0.229 e. The van der Waals surface area contributed by atoms with E-state index in [2.05, 4.69) is 23.6 Å². The zero-order valence-electron chi connectivity index (χ0n) is 14.8. The van der Waals surface area contributed by atoms with Gasteiger partial charge in [0.2, 0.25) is 8.87 Å². The Kier molecular flexibility index (Phi) is 5.47. The summed E-state index contributed by atoms with van der Waals surface area (Å²) in [5.41, 5.74) is 1.03. The summed E-state index contributed by atoms with van der Waals surface area (Å²) in [6.45, 7) is 9.11. The van der Waals surface area contributed by atoms with Crippen molar-refractivity contribution in [2.24, 2.45) is 11.8 Å². The number of nitrogens with zero attached hydrogens (tertiary/aromatic N) is 2. The fourth-order valence-corrected chi connectivity index (χ4v) is 5.37. The molecule has 2 fully saturated rings. The lowest BCUT2D eigenvalue weighted by Crippen LogP contribution is -2.61. The van der Waals surface area contributed by atoms with Crippen molar-refractivity contribution >= 4 is 25.4 Å². The predicted molar refractivity (Wildman–Crippen MR) is 102 cm³/mol. The summed E-state index contributed by atoms with van der Waals surface area (Å²) in [6.07, 6.45) is 4.24. The molecule has 1 aromatic carbocycles. The number of hydrogen-bond donors (Lipinski definition) is 0. The number of piperidine rings is 1. The van der Waals surface area contributed by atoms with Crippen LogP contribution >= 0.6 is 10.8 Å². The van der Waals surface area contributed by atoms with Crippen LogP contribution in [-0.2, 0) is 8.87 Å². The largest absolute Gasteiger partial charge is 0.368 e. The number of benzene rings is 1. The van der Waals surface area contributed by atoms with E-state index < -0.39 is 8.87 Å². The van der Waals surface area contributed by atoms with Gasteiger partial charge in [-0.2, -0.15) is 0 Å². The highest BCUT2D eigenvalue weighted by Crippen LogP contribution is 2.31. The van der Waals surface area contributed by atoms with E-state index in [4.69, 9.17) is 0 Å². The lowest BCUT2D eigenvalue weighted by molar-refractivity contribution is 0.0987. The third-order valence-electron chi connectivity index (χ3n) is 5.59. The Morgan fingerprint density at radius 3 is 2.42 bits per heavy atom. The lowest BCUT2D eigenvalue weighted by Gasteiger charge is -2.49. The van der Waals surface area contributed by atoms with Crippen LogP contribution < -0.4 is 4.90 Å². The first-order valence-corrected chi connectivity index (χ1v) is 12.0. The van der Waals surface area contributed by atoms with E-state index in [0.29, 0.717) is 10.9 Å². The molecule has 0 amide bonds. The molecule has 4 nitrogen and oxygen atoms in total. The maximum atomic E-state index is 12.0. The first-order valence-electron chi connectivity index (χ1n) is 8.80. The zero-order chi connectivity index (χ0) is 17.3. The van der Waals surface area contributed by atoms with Crippen molar-refractivity contribution in [3.8, 4) is 0 Å². The molecular weight excluding hydrogens is 340 g/mol. The standard InChI is InChI=1S/C18H28N2O2S2/c1-14(2)15-7-9-19(10-8-15)17-12-20(13-17)16-5-4-6-18(11-16)24(21,22)23-3/h4-6,11,14-15,17H,7-10,12-13H2,1-3H3. The van der Waals surface area contributed by atoms with E-state index in [1.54, 1.807) is 12.3 Å². The van der Waals surface area contributed by atoms with Crippen LogP contribution in [-0.4, -0.2) is 51.8 Å². The van der Waals surface area contributed by atoms with Gasteiger partial charge in [0.1, 0.15) is 0 Å². The highest BCUT2D eigenvalue weighted by Gasteiger charge is 2.34. The molecule has 0 atom stereocenters. The molecule has 6 heteroatoms. The number of rotatable bonds is 5. The first-order chi connectivity index (χ1) is 11.4. The Bertz CT molecular complexity index is 661. The Labute approximate surface area is 149 Å². The van der Waals surface area contributed by atoms with E-state index in [-0.39, 0.29) is 0 Å². The average Bonchev–Trinajstić information content (AvgIpc) is 2.54. The van der Waals surface area contributed by atoms with Gasteiger partial charge in [-0.25, -0.2) is 8.42 Å². The molecule has 1 aromatic rings. The third kappa shape index (κ3) is 3.75. The Hall–Kier alpha value is -0.720. The maximum absolute atomic E-state index is 12.0. The number of likely N-dealkylation sites (tertiary alicyclic amines) is 1. The fourth-order valence-electron chi connectivity index (χ4n) is 3.78. The molecule has 3 rings (SSSR count). The number of anilines is 1. The first kappa shape index (κ1) is 18.1. The molecule has 2 heterocycles. The highest BCUT2D eigenvalue weighted by atomic mass is 33.1. The molecule has 2 aliphatic rings. The molecule has 0 aliphatic carbocycles. The van der Waals surface area contributed by atoms with Gasteiger partial charge >= 0.3 is 0 Å². The van der Waals surface area contributed by atoms with Gasteiger partial charge in [-0.1, -0.05) is 19.9 Å². The van der Waals surface area contributed by atoms with Crippen molar-refractivity contribution in [1.29, 1.82) is 0 Å². The SMILES string of the molecule is CSS(=O)(=O)c1cccc(N2CC(N3CCC(C(C)C)CC3)C2)c1. The molecule has 0 saturated carbocycles. The van der Waals surface area contributed by atoms with Crippen LogP contribution in [0.4, 0.5) is 5.69 Å². The Balaban J connectivity index is 1.57. The molecule has 2 saturated heterocycles. The predicted octanol–water partition coefficient (Wildman–Crippen LogP) is 3.29. The van der Waals surface area contributed by atoms with Gasteiger partial charge in [0, 0.05) is 24.8 Å². The van der Waals surface area contributed by atoms with E-state index in [9.17, 15) is 8.42 Å². The molecule has 24 heavy (non-hydrogen) atoms. The van der Waals surface area contributed by atoms with Gasteiger partial charge in [-0.3, -0.25) is 4.90 Å². The summed E-state index contributed by atoms with van der Waals surface area (Å²) in [7, 11) is -2.31. The van der Waals surface area contributed by atoms with E-state index >= 15 is 0 Å².